The Labute approximate surface area is 134 Å². The molecule has 0 radical (unpaired) electrons. The van der Waals surface area contributed by atoms with E-state index in [-0.39, 0.29) is 11.3 Å². The van der Waals surface area contributed by atoms with Crippen LogP contribution in [-0.2, 0) is 26.0 Å². The Bertz CT molecular complexity index is 753. The molecule has 0 aromatic heterocycles. The molecule has 0 spiro atoms. The number of carboxylic acid groups (broad SMARTS) is 1. The zero-order chi connectivity index (χ0) is 16.7. The van der Waals surface area contributed by atoms with E-state index in [9.17, 15) is 23.1 Å². The number of rotatable bonds is 3. The van der Waals surface area contributed by atoms with Crippen molar-refractivity contribution in [3.63, 3.8) is 0 Å². The highest BCUT2D eigenvalue weighted by Gasteiger charge is 2.44. The highest BCUT2D eigenvalue weighted by atomic mass is 32.2. The van der Waals surface area contributed by atoms with E-state index >= 15 is 0 Å². The average Bonchev–Trinajstić information content (AvgIpc) is 2.96. The highest BCUT2D eigenvalue weighted by molar-refractivity contribution is 7.89. The minimum Gasteiger partial charge on any atom is -0.480 e. The number of sulfonamides is 1. The highest BCUT2D eigenvalue weighted by Crippen LogP contribution is 2.30. The average molecular weight is 338 g/mol. The number of amides is 1. The first-order valence-corrected chi connectivity index (χ1v) is 8.98. The van der Waals surface area contributed by atoms with Crippen molar-refractivity contribution in [3.05, 3.63) is 29.8 Å². The molecule has 1 saturated carbocycles. The summed E-state index contributed by atoms with van der Waals surface area (Å²) < 4.78 is 26.8. The van der Waals surface area contributed by atoms with Crippen LogP contribution in [0, 0.1) is 0 Å². The molecule has 1 atom stereocenters. The van der Waals surface area contributed by atoms with E-state index in [1.165, 1.54) is 6.07 Å². The fourth-order valence-electron chi connectivity index (χ4n) is 3.29. The van der Waals surface area contributed by atoms with Crippen molar-refractivity contribution < 1.29 is 23.1 Å². The fraction of sp³-hybridized carbons (Fsp3) is 0.467. The zero-order valence-corrected chi connectivity index (χ0v) is 13.2. The predicted octanol–water partition coefficient (Wildman–Crippen LogP) is 0.403. The van der Waals surface area contributed by atoms with Crippen LogP contribution in [-0.4, -0.2) is 37.0 Å². The summed E-state index contributed by atoms with van der Waals surface area (Å²) in [5, 5.41) is 12.0. The van der Waals surface area contributed by atoms with Gasteiger partial charge in [0.15, 0.2) is 0 Å². The minimum absolute atomic E-state index is 0.165. The quantitative estimate of drug-likeness (QED) is 0.738. The summed E-state index contributed by atoms with van der Waals surface area (Å²) in [5.74, 6) is -1.66. The molecular weight excluding hydrogens is 320 g/mol. The van der Waals surface area contributed by atoms with Crippen LogP contribution in [0.3, 0.4) is 0 Å². The summed E-state index contributed by atoms with van der Waals surface area (Å²) >= 11 is 0. The predicted molar refractivity (Wildman–Crippen MR) is 81.2 cm³/mol. The molecule has 1 aromatic carbocycles. The van der Waals surface area contributed by atoms with Crippen LogP contribution in [0.25, 0.3) is 0 Å². The topological polar surface area (TPSA) is 113 Å². The first-order chi connectivity index (χ1) is 10.8. The van der Waals surface area contributed by atoms with Gasteiger partial charge in [-0.3, -0.25) is 4.79 Å². The Hall–Kier alpha value is -1.93. The molecule has 1 aliphatic heterocycles. The maximum atomic E-state index is 12.5. The molecular formula is C15H18N2O5S. The van der Waals surface area contributed by atoms with Gasteiger partial charge in [-0.05, 0) is 30.9 Å². The molecule has 3 rings (SSSR count). The van der Waals surface area contributed by atoms with Crippen LogP contribution in [0.5, 0.6) is 0 Å². The molecule has 1 amide bonds. The molecule has 1 heterocycles. The molecule has 124 valence electrons. The first kappa shape index (κ1) is 15.9. The number of carboxylic acids is 1. The molecule has 1 aromatic rings. The van der Waals surface area contributed by atoms with Gasteiger partial charge < -0.3 is 10.4 Å². The molecule has 7 nitrogen and oxygen atoms in total. The lowest BCUT2D eigenvalue weighted by molar-refractivity contribution is -0.147. The molecule has 23 heavy (non-hydrogen) atoms. The summed E-state index contributed by atoms with van der Waals surface area (Å²) in [6.45, 7) is 0. The third-order valence-electron chi connectivity index (χ3n) is 4.53. The summed E-state index contributed by atoms with van der Waals surface area (Å²) in [5.41, 5.74) is -0.721. The molecule has 0 saturated heterocycles. The monoisotopic (exact) mass is 338 g/mol. The summed E-state index contributed by atoms with van der Waals surface area (Å²) in [6, 6.07) is 5.49. The van der Waals surface area contributed by atoms with Crippen LogP contribution < -0.4 is 10.0 Å². The molecule has 2 aliphatic rings. The maximum Gasteiger partial charge on any atom is 0.329 e. The third kappa shape index (κ3) is 2.84. The Morgan fingerprint density at radius 1 is 1.22 bits per heavy atom. The molecule has 8 heteroatoms. The van der Waals surface area contributed by atoms with E-state index in [1.807, 2.05) is 0 Å². The number of benzene rings is 1. The number of hydrogen-bond acceptors (Lipinski definition) is 4. The smallest absolute Gasteiger partial charge is 0.329 e. The largest absolute Gasteiger partial charge is 0.480 e. The number of aliphatic carboxylic acids is 1. The second kappa shape index (κ2) is 5.61. The summed E-state index contributed by atoms with van der Waals surface area (Å²) in [4.78, 5) is 24.1. The lowest BCUT2D eigenvalue weighted by Gasteiger charge is -2.30. The number of nitrogens with one attached hydrogen (secondary N) is 2. The van der Waals surface area contributed by atoms with Crippen LogP contribution in [0.15, 0.2) is 29.2 Å². The Morgan fingerprint density at radius 2 is 1.87 bits per heavy atom. The molecule has 1 unspecified atom stereocenters. The fourth-order valence-corrected chi connectivity index (χ4v) is 4.73. The molecule has 1 fully saturated rings. The van der Waals surface area contributed by atoms with Gasteiger partial charge >= 0.3 is 5.97 Å². The summed E-state index contributed by atoms with van der Waals surface area (Å²) in [7, 11) is -3.77. The molecule has 3 N–H and O–H groups in total. The van der Waals surface area contributed by atoms with Gasteiger partial charge in [-0.15, -0.1) is 0 Å². The van der Waals surface area contributed by atoms with Gasteiger partial charge in [0.25, 0.3) is 0 Å². The van der Waals surface area contributed by atoms with Crippen molar-refractivity contribution in [2.24, 2.45) is 0 Å². The van der Waals surface area contributed by atoms with Gasteiger partial charge in [0.1, 0.15) is 11.6 Å². The van der Waals surface area contributed by atoms with Gasteiger partial charge in [-0.2, -0.15) is 4.72 Å². The van der Waals surface area contributed by atoms with Crippen LogP contribution in [0.1, 0.15) is 31.2 Å². The van der Waals surface area contributed by atoms with Crippen LogP contribution in [0.2, 0.25) is 0 Å². The van der Waals surface area contributed by atoms with Gasteiger partial charge in [0, 0.05) is 0 Å². The van der Waals surface area contributed by atoms with Crippen molar-refractivity contribution in [2.75, 3.05) is 0 Å². The van der Waals surface area contributed by atoms with Gasteiger partial charge in [0.2, 0.25) is 15.9 Å². The normalized spacial score (nSPS) is 24.6. The lowest BCUT2D eigenvalue weighted by Crippen LogP contribution is -2.59. The lowest BCUT2D eigenvalue weighted by atomic mass is 9.96. The van der Waals surface area contributed by atoms with Crippen LogP contribution >= 0.6 is 0 Å². The van der Waals surface area contributed by atoms with Gasteiger partial charge in [-0.1, -0.05) is 31.0 Å². The zero-order valence-electron chi connectivity index (χ0n) is 12.4. The van der Waals surface area contributed by atoms with Crippen molar-refractivity contribution in [1.82, 2.24) is 10.0 Å². The maximum absolute atomic E-state index is 12.5. The number of carbonyl (C=O) groups excluding carboxylic acids is 1. The van der Waals surface area contributed by atoms with Crippen molar-refractivity contribution in [1.29, 1.82) is 0 Å². The van der Waals surface area contributed by atoms with E-state index in [1.54, 1.807) is 18.2 Å². The second-order valence-electron chi connectivity index (χ2n) is 6.07. The van der Waals surface area contributed by atoms with E-state index < -0.39 is 33.5 Å². The van der Waals surface area contributed by atoms with E-state index in [4.69, 9.17) is 0 Å². The third-order valence-corrected chi connectivity index (χ3v) is 6.10. The van der Waals surface area contributed by atoms with Crippen molar-refractivity contribution in [3.8, 4) is 0 Å². The van der Waals surface area contributed by atoms with E-state index in [2.05, 4.69) is 10.0 Å². The van der Waals surface area contributed by atoms with Gasteiger partial charge in [0.05, 0.1) is 4.90 Å². The Morgan fingerprint density at radius 3 is 2.52 bits per heavy atom. The number of fused-ring (bicyclic) bond motifs is 1. The van der Waals surface area contributed by atoms with Crippen LogP contribution in [0.4, 0.5) is 0 Å². The molecule has 0 bridgehead atoms. The van der Waals surface area contributed by atoms with E-state index in [0.29, 0.717) is 18.4 Å². The van der Waals surface area contributed by atoms with Crippen molar-refractivity contribution >= 4 is 21.9 Å². The standard InChI is InChI=1S/C15H18N2O5S/c18-13(16-15(14(19)20)7-3-4-8-15)11-9-10-5-1-2-6-12(10)23(21,22)17-11/h1-2,5-6,11,17H,3-4,7-9H2,(H,16,18)(H,19,20). The number of hydrogen-bond donors (Lipinski definition) is 3. The molecule has 1 aliphatic carbocycles. The second-order valence-corrected chi connectivity index (χ2v) is 7.75. The first-order valence-electron chi connectivity index (χ1n) is 7.50. The SMILES string of the molecule is O=C(NC1(C(=O)O)CCCC1)C1Cc2ccccc2S(=O)(=O)N1. The van der Waals surface area contributed by atoms with Crippen molar-refractivity contribution in [2.45, 2.75) is 48.6 Å². The number of carbonyl (C=O) groups is 2. The Kier molecular flexibility index (Phi) is 3.89. The van der Waals surface area contributed by atoms with E-state index in [0.717, 1.165) is 12.8 Å². The summed E-state index contributed by atoms with van der Waals surface area (Å²) in [6.07, 6.45) is 2.39. The Balaban J connectivity index is 1.83. The van der Waals surface area contributed by atoms with Gasteiger partial charge in [-0.25, -0.2) is 13.2 Å². The minimum atomic E-state index is -3.77.